The molecule has 0 spiro atoms. The van der Waals surface area contributed by atoms with Crippen LogP contribution in [0.2, 0.25) is 5.02 Å². The number of carbonyl (C=O) groups excluding carboxylic acids is 3. The van der Waals surface area contributed by atoms with Crippen LogP contribution >= 0.6 is 11.6 Å². The average molecular weight is 408 g/mol. The van der Waals surface area contributed by atoms with Crippen molar-refractivity contribution < 1.29 is 14.4 Å². The summed E-state index contributed by atoms with van der Waals surface area (Å²) in [5.41, 5.74) is -0.168. The van der Waals surface area contributed by atoms with E-state index in [0.717, 1.165) is 15.7 Å². The summed E-state index contributed by atoms with van der Waals surface area (Å²) in [4.78, 5) is 38.9. The molecule has 1 aliphatic heterocycles. The lowest BCUT2D eigenvalue weighted by molar-refractivity contribution is -0.133. The normalized spacial score (nSPS) is 18.8. The maximum absolute atomic E-state index is 13.1. The van der Waals surface area contributed by atoms with Crippen molar-refractivity contribution in [2.75, 3.05) is 11.9 Å². The number of hydrogen-bond acceptors (Lipinski definition) is 3. The Morgan fingerprint density at radius 3 is 2.48 bits per heavy atom. The van der Waals surface area contributed by atoms with Gasteiger partial charge in [-0.15, -0.1) is 0 Å². The highest BCUT2D eigenvalue weighted by Gasteiger charge is 2.49. The number of nitrogens with one attached hydrogen (secondary N) is 2. The molecule has 0 bridgehead atoms. The molecule has 4 amide bonds. The van der Waals surface area contributed by atoms with Gasteiger partial charge in [-0.1, -0.05) is 60.1 Å². The van der Waals surface area contributed by atoms with Crippen LogP contribution in [-0.4, -0.2) is 29.3 Å². The molecule has 1 aliphatic rings. The van der Waals surface area contributed by atoms with E-state index in [4.69, 9.17) is 11.6 Å². The van der Waals surface area contributed by atoms with Crippen molar-refractivity contribution in [1.29, 1.82) is 0 Å². The number of amides is 4. The molecular weight excluding hydrogens is 390 g/mol. The summed E-state index contributed by atoms with van der Waals surface area (Å²) < 4.78 is 0. The first-order chi connectivity index (χ1) is 13.9. The summed E-state index contributed by atoms with van der Waals surface area (Å²) >= 11 is 6.04. The van der Waals surface area contributed by atoms with E-state index < -0.39 is 29.9 Å². The van der Waals surface area contributed by atoms with Crippen LogP contribution in [0.1, 0.15) is 12.5 Å². The highest BCUT2D eigenvalue weighted by atomic mass is 35.5. The second-order valence-corrected chi connectivity index (χ2v) is 7.44. The summed E-state index contributed by atoms with van der Waals surface area (Å²) in [7, 11) is 0. The number of urea groups is 1. The predicted molar refractivity (Wildman–Crippen MR) is 112 cm³/mol. The highest BCUT2D eigenvalue weighted by Crippen LogP contribution is 2.31. The molecule has 1 atom stereocenters. The van der Waals surface area contributed by atoms with Crippen molar-refractivity contribution in [3.63, 3.8) is 0 Å². The lowest BCUT2D eigenvalue weighted by Gasteiger charge is -2.22. The molecule has 0 radical (unpaired) electrons. The number of fused-ring (bicyclic) bond motifs is 1. The van der Waals surface area contributed by atoms with Gasteiger partial charge in [0.05, 0.1) is 10.7 Å². The second-order valence-electron chi connectivity index (χ2n) is 7.04. The zero-order valence-corrected chi connectivity index (χ0v) is 16.4. The Morgan fingerprint density at radius 1 is 1.03 bits per heavy atom. The molecule has 0 aliphatic carbocycles. The SMILES string of the molecule is C[C@]1(c2ccc3ccccc3c2)NC(=O)N(CC(=O)Nc2ccccc2Cl)C1=O. The molecule has 3 aromatic carbocycles. The zero-order chi connectivity index (χ0) is 20.6. The fourth-order valence-electron chi connectivity index (χ4n) is 3.43. The van der Waals surface area contributed by atoms with Crippen LogP contribution in [0.15, 0.2) is 66.7 Å². The molecule has 146 valence electrons. The quantitative estimate of drug-likeness (QED) is 0.644. The molecule has 4 rings (SSSR count). The van der Waals surface area contributed by atoms with Gasteiger partial charge in [-0.2, -0.15) is 0 Å². The molecule has 6 nitrogen and oxygen atoms in total. The van der Waals surface area contributed by atoms with Crippen molar-refractivity contribution >= 4 is 45.9 Å². The Hall–Kier alpha value is -3.38. The van der Waals surface area contributed by atoms with Crippen LogP contribution in [0.5, 0.6) is 0 Å². The van der Waals surface area contributed by atoms with E-state index in [1.54, 1.807) is 31.2 Å². The Labute approximate surface area is 172 Å². The third-order valence-electron chi connectivity index (χ3n) is 5.05. The molecular formula is C22H18ClN3O3. The molecule has 0 unspecified atom stereocenters. The molecule has 1 fully saturated rings. The Kier molecular flexibility index (Phi) is 4.72. The smallest absolute Gasteiger partial charge is 0.323 e. The number of nitrogens with zero attached hydrogens (tertiary/aromatic N) is 1. The Balaban J connectivity index is 1.56. The van der Waals surface area contributed by atoms with Gasteiger partial charge in [-0.05, 0) is 41.5 Å². The Morgan fingerprint density at radius 2 is 1.72 bits per heavy atom. The minimum atomic E-state index is -1.24. The third kappa shape index (κ3) is 3.43. The van der Waals surface area contributed by atoms with Gasteiger partial charge in [0, 0.05) is 0 Å². The largest absolute Gasteiger partial charge is 0.325 e. The standard InChI is InChI=1S/C22H18ClN3O3/c1-22(16-11-10-14-6-2-3-7-15(14)12-16)20(28)26(21(29)25-22)13-19(27)24-18-9-5-4-8-17(18)23/h2-12H,13H2,1H3,(H,24,27)(H,25,29)/t22-/m1/s1. The van der Waals surface area contributed by atoms with Crippen molar-refractivity contribution in [3.05, 3.63) is 77.3 Å². The number of hydrogen-bond donors (Lipinski definition) is 2. The highest BCUT2D eigenvalue weighted by molar-refractivity contribution is 6.33. The first-order valence-corrected chi connectivity index (χ1v) is 9.44. The number of para-hydroxylation sites is 1. The van der Waals surface area contributed by atoms with Gasteiger partial charge in [0.1, 0.15) is 12.1 Å². The lowest BCUT2D eigenvalue weighted by atomic mass is 9.90. The lowest BCUT2D eigenvalue weighted by Crippen LogP contribution is -2.42. The number of carbonyl (C=O) groups is 3. The van der Waals surface area contributed by atoms with Crippen LogP contribution in [0.3, 0.4) is 0 Å². The van der Waals surface area contributed by atoms with E-state index >= 15 is 0 Å². The van der Waals surface area contributed by atoms with Crippen LogP contribution < -0.4 is 10.6 Å². The Bertz CT molecular complexity index is 1150. The zero-order valence-electron chi connectivity index (χ0n) is 15.6. The average Bonchev–Trinajstić information content (AvgIpc) is 2.93. The van der Waals surface area contributed by atoms with Crippen LogP contribution in [-0.2, 0) is 15.1 Å². The molecule has 2 N–H and O–H groups in total. The first kappa shape index (κ1) is 19.0. The van der Waals surface area contributed by atoms with E-state index in [2.05, 4.69) is 10.6 Å². The molecule has 7 heteroatoms. The first-order valence-electron chi connectivity index (χ1n) is 9.06. The number of benzene rings is 3. The molecule has 0 aromatic heterocycles. The van der Waals surface area contributed by atoms with Gasteiger partial charge >= 0.3 is 6.03 Å². The van der Waals surface area contributed by atoms with Gasteiger partial charge < -0.3 is 10.6 Å². The van der Waals surface area contributed by atoms with E-state index in [-0.39, 0.29) is 0 Å². The number of rotatable bonds is 4. The minimum absolute atomic E-state index is 0.374. The number of imide groups is 1. The monoisotopic (exact) mass is 407 g/mol. The van der Waals surface area contributed by atoms with E-state index in [1.807, 2.05) is 42.5 Å². The predicted octanol–water partition coefficient (Wildman–Crippen LogP) is 3.90. The van der Waals surface area contributed by atoms with Gasteiger partial charge in [0.25, 0.3) is 5.91 Å². The molecule has 1 saturated heterocycles. The van der Waals surface area contributed by atoms with Gasteiger partial charge in [0.15, 0.2) is 0 Å². The van der Waals surface area contributed by atoms with Crippen molar-refractivity contribution in [2.24, 2.45) is 0 Å². The van der Waals surface area contributed by atoms with Gasteiger partial charge in [0.2, 0.25) is 5.91 Å². The van der Waals surface area contributed by atoms with Gasteiger partial charge in [-0.25, -0.2) is 4.79 Å². The maximum atomic E-state index is 13.1. The third-order valence-corrected chi connectivity index (χ3v) is 5.38. The second kappa shape index (κ2) is 7.22. The number of anilines is 1. The summed E-state index contributed by atoms with van der Waals surface area (Å²) in [6.45, 7) is 1.24. The number of halogens is 1. The summed E-state index contributed by atoms with van der Waals surface area (Å²) in [5, 5.41) is 7.72. The van der Waals surface area contributed by atoms with E-state index in [1.165, 1.54) is 0 Å². The maximum Gasteiger partial charge on any atom is 0.325 e. The van der Waals surface area contributed by atoms with Crippen molar-refractivity contribution in [2.45, 2.75) is 12.5 Å². The summed E-state index contributed by atoms with van der Waals surface area (Å²) in [6.07, 6.45) is 0. The molecule has 0 saturated carbocycles. The van der Waals surface area contributed by atoms with Crippen LogP contribution in [0, 0.1) is 0 Å². The molecule has 29 heavy (non-hydrogen) atoms. The fraction of sp³-hybridized carbons (Fsp3) is 0.136. The van der Waals surface area contributed by atoms with Crippen LogP contribution in [0.25, 0.3) is 10.8 Å². The summed E-state index contributed by atoms with van der Waals surface area (Å²) in [5.74, 6) is -0.989. The topological polar surface area (TPSA) is 78.5 Å². The van der Waals surface area contributed by atoms with Crippen LogP contribution in [0.4, 0.5) is 10.5 Å². The van der Waals surface area contributed by atoms with E-state index in [0.29, 0.717) is 16.3 Å². The molecule has 3 aromatic rings. The van der Waals surface area contributed by atoms with E-state index in [9.17, 15) is 14.4 Å². The van der Waals surface area contributed by atoms with Crippen molar-refractivity contribution in [3.8, 4) is 0 Å². The molecule has 1 heterocycles. The minimum Gasteiger partial charge on any atom is -0.323 e. The summed E-state index contributed by atoms with van der Waals surface area (Å²) in [6, 6.07) is 19.5. The fourth-order valence-corrected chi connectivity index (χ4v) is 3.62. The van der Waals surface area contributed by atoms with Gasteiger partial charge in [-0.3, -0.25) is 14.5 Å². The van der Waals surface area contributed by atoms with Crippen molar-refractivity contribution in [1.82, 2.24) is 10.2 Å².